The molecule has 0 radical (unpaired) electrons. The lowest BCUT2D eigenvalue weighted by molar-refractivity contribution is 0.407. The average Bonchev–Trinajstić information content (AvgIpc) is 2.79. The fourth-order valence-corrected chi connectivity index (χ4v) is 1.85. The third kappa shape index (κ3) is 1.76. The Balaban J connectivity index is 0.00000120. The molecule has 18 heavy (non-hydrogen) atoms. The van der Waals surface area contributed by atoms with Crippen molar-refractivity contribution in [3.8, 4) is 17.2 Å². The van der Waals surface area contributed by atoms with Gasteiger partial charge < -0.3 is 10.2 Å². The Morgan fingerprint density at radius 1 is 0.944 bits per heavy atom. The number of hydrogen-bond acceptors (Lipinski definition) is 3. The number of fused-ring (bicyclic) bond motifs is 1. The van der Waals surface area contributed by atoms with E-state index in [0.29, 0.717) is 5.52 Å². The molecule has 0 saturated carbocycles. The third-order valence-corrected chi connectivity index (χ3v) is 2.70. The van der Waals surface area contributed by atoms with E-state index in [9.17, 15) is 10.2 Å². The molecule has 0 aliphatic rings. The molecule has 0 unspecified atom stereocenters. The number of halogens is 1. The zero-order valence-corrected chi connectivity index (χ0v) is 10.1. The van der Waals surface area contributed by atoms with Gasteiger partial charge in [0.2, 0.25) is 0 Å². The number of phenolic OH excluding ortho intramolecular Hbond substituents is 2. The predicted molar refractivity (Wildman–Crippen MR) is 71.6 cm³/mol. The summed E-state index contributed by atoms with van der Waals surface area (Å²) in [6.45, 7) is 0. The second kappa shape index (κ2) is 4.58. The molecule has 0 aliphatic heterocycles. The van der Waals surface area contributed by atoms with Crippen LogP contribution in [0.4, 0.5) is 0 Å². The van der Waals surface area contributed by atoms with E-state index in [0.717, 1.165) is 11.2 Å². The van der Waals surface area contributed by atoms with E-state index >= 15 is 0 Å². The fraction of sp³-hybridized carbons (Fsp3) is 0. The summed E-state index contributed by atoms with van der Waals surface area (Å²) in [5.74, 6) is -0.340. The Bertz CT molecular complexity index is 680. The molecule has 0 fully saturated rings. The summed E-state index contributed by atoms with van der Waals surface area (Å²) >= 11 is 0. The predicted octanol–water partition coefficient (Wildman–Crippen LogP) is 2.86. The van der Waals surface area contributed by atoms with Gasteiger partial charge in [0.1, 0.15) is 11.8 Å². The van der Waals surface area contributed by atoms with E-state index in [4.69, 9.17) is 0 Å². The standard InChI is InChI=1S/C13H10N2O2.ClH/c16-11-7-6-10-12(13(11)17)14-8-15(10)9-4-2-1-3-5-9;/h1-8,16-17H;1H. The molecule has 5 heteroatoms. The first-order valence-corrected chi connectivity index (χ1v) is 5.21. The minimum atomic E-state index is -0.183. The summed E-state index contributed by atoms with van der Waals surface area (Å²) in [6.07, 6.45) is 1.62. The van der Waals surface area contributed by atoms with Crippen LogP contribution in [0.5, 0.6) is 11.5 Å². The monoisotopic (exact) mass is 262 g/mol. The van der Waals surface area contributed by atoms with E-state index < -0.39 is 0 Å². The molecule has 1 aromatic heterocycles. The lowest BCUT2D eigenvalue weighted by atomic mass is 10.2. The normalized spacial score (nSPS) is 10.2. The Kier molecular flexibility index (Phi) is 3.12. The zero-order valence-electron chi connectivity index (χ0n) is 9.32. The van der Waals surface area contributed by atoms with Gasteiger partial charge >= 0.3 is 0 Å². The Hall–Kier alpha value is -2.20. The van der Waals surface area contributed by atoms with Gasteiger partial charge in [0.15, 0.2) is 11.5 Å². The third-order valence-electron chi connectivity index (χ3n) is 2.70. The number of benzene rings is 2. The van der Waals surface area contributed by atoms with Gasteiger partial charge in [0, 0.05) is 5.69 Å². The second-order valence-corrected chi connectivity index (χ2v) is 3.75. The van der Waals surface area contributed by atoms with Crippen LogP contribution in [-0.4, -0.2) is 19.8 Å². The first-order valence-electron chi connectivity index (χ1n) is 5.21. The maximum atomic E-state index is 9.69. The number of imidazole rings is 1. The van der Waals surface area contributed by atoms with Crippen LogP contribution in [0.2, 0.25) is 0 Å². The molecule has 1 heterocycles. The summed E-state index contributed by atoms with van der Waals surface area (Å²) in [4.78, 5) is 4.11. The summed E-state index contributed by atoms with van der Waals surface area (Å²) in [7, 11) is 0. The maximum Gasteiger partial charge on any atom is 0.185 e. The average molecular weight is 263 g/mol. The largest absolute Gasteiger partial charge is 0.504 e. The van der Waals surface area contributed by atoms with Crippen molar-refractivity contribution in [2.75, 3.05) is 0 Å². The highest BCUT2D eigenvalue weighted by Gasteiger charge is 2.11. The number of phenols is 2. The van der Waals surface area contributed by atoms with Crippen LogP contribution in [0.25, 0.3) is 16.7 Å². The SMILES string of the molecule is Cl.Oc1ccc2c(ncn2-c2ccccc2)c1O. The smallest absolute Gasteiger partial charge is 0.185 e. The second-order valence-electron chi connectivity index (χ2n) is 3.75. The maximum absolute atomic E-state index is 9.69. The van der Waals surface area contributed by atoms with E-state index in [1.165, 1.54) is 6.07 Å². The van der Waals surface area contributed by atoms with Gasteiger partial charge in [-0.25, -0.2) is 4.98 Å². The highest BCUT2D eigenvalue weighted by molar-refractivity contribution is 5.86. The summed E-state index contributed by atoms with van der Waals surface area (Å²) in [5, 5.41) is 19.1. The lowest BCUT2D eigenvalue weighted by Gasteiger charge is -2.04. The van der Waals surface area contributed by atoms with E-state index in [2.05, 4.69) is 4.98 Å². The fourth-order valence-electron chi connectivity index (χ4n) is 1.85. The highest BCUT2D eigenvalue weighted by Crippen LogP contribution is 2.33. The van der Waals surface area contributed by atoms with Crippen LogP contribution in [-0.2, 0) is 0 Å². The molecule has 92 valence electrons. The molecule has 2 N–H and O–H groups in total. The van der Waals surface area contributed by atoms with Crippen molar-refractivity contribution in [2.45, 2.75) is 0 Å². The molecule has 3 aromatic rings. The van der Waals surface area contributed by atoms with Gasteiger partial charge in [0.25, 0.3) is 0 Å². The van der Waals surface area contributed by atoms with Gasteiger partial charge in [0.05, 0.1) is 5.52 Å². The molecule has 0 aliphatic carbocycles. The van der Waals surface area contributed by atoms with Crippen molar-refractivity contribution < 1.29 is 10.2 Å². The van der Waals surface area contributed by atoms with Gasteiger partial charge in [-0.15, -0.1) is 12.4 Å². The van der Waals surface area contributed by atoms with Gasteiger partial charge in [-0.2, -0.15) is 0 Å². The van der Waals surface area contributed by atoms with Gasteiger partial charge in [-0.3, -0.25) is 4.57 Å². The number of para-hydroxylation sites is 1. The number of aromatic nitrogens is 2. The van der Waals surface area contributed by atoms with E-state index in [1.54, 1.807) is 12.4 Å². The first kappa shape index (κ1) is 12.3. The van der Waals surface area contributed by atoms with Crippen LogP contribution in [0, 0.1) is 0 Å². The topological polar surface area (TPSA) is 58.3 Å². The molecule has 3 rings (SSSR count). The number of aromatic hydroxyl groups is 2. The number of hydrogen-bond donors (Lipinski definition) is 2. The molecule has 0 bridgehead atoms. The number of rotatable bonds is 1. The number of nitrogens with zero attached hydrogens (tertiary/aromatic N) is 2. The van der Waals surface area contributed by atoms with Crippen LogP contribution in [0.3, 0.4) is 0 Å². The summed E-state index contributed by atoms with van der Waals surface area (Å²) < 4.78 is 1.86. The lowest BCUT2D eigenvalue weighted by Crippen LogP contribution is -1.90. The zero-order chi connectivity index (χ0) is 11.8. The molecule has 0 atom stereocenters. The van der Waals surface area contributed by atoms with Crippen LogP contribution in [0.15, 0.2) is 48.8 Å². The molecule has 0 saturated heterocycles. The van der Waals surface area contributed by atoms with Crippen molar-refractivity contribution in [3.05, 3.63) is 48.8 Å². The van der Waals surface area contributed by atoms with Gasteiger partial charge in [-0.1, -0.05) is 18.2 Å². The Morgan fingerprint density at radius 2 is 1.67 bits per heavy atom. The molecule has 0 amide bonds. The van der Waals surface area contributed by atoms with Gasteiger partial charge in [-0.05, 0) is 24.3 Å². The minimum Gasteiger partial charge on any atom is -0.504 e. The Labute approximate surface area is 110 Å². The van der Waals surface area contributed by atoms with Crippen molar-refractivity contribution in [2.24, 2.45) is 0 Å². The molecule has 2 aromatic carbocycles. The van der Waals surface area contributed by atoms with Crippen LogP contribution >= 0.6 is 12.4 Å². The molecule has 0 spiro atoms. The van der Waals surface area contributed by atoms with Crippen molar-refractivity contribution in [3.63, 3.8) is 0 Å². The molecular formula is C13H11ClN2O2. The summed E-state index contributed by atoms with van der Waals surface area (Å²) in [6, 6.07) is 12.9. The molecule has 4 nitrogen and oxygen atoms in total. The Morgan fingerprint density at radius 3 is 2.39 bits per heavy atom. The van der Waals surface area contributed by atoms with Crippen molar-refractivity contribution >= 4 is 23.4 Å². The van der Waals surface area contributed by atoms with Crippen molar-refractivity contribution in [1.82, 2.24) is 9.55 Å². The highest BCUT2D eigenvalue weighted by atomic mass is 35.5. The van der Waals surface area contributed by atoms with Crippen molar-refractivity contribution in [1.29, 1.82) is 0 Å². The van der Waals surface area contributed by atoms with Crippen LogP contribution in [0.1, 0.15) is 0 Å². The quantitative estimate of drug-likeness (QED) is 0.663. The van der Waals surface area contributed by atoms with E-state index in [-0.39, 0.29) is 23.9 Å². The summed E-state index contributed by atoms with van der Waals surface area (Å²) in [5.41, 5.74) is 2.11. The van der Waals surface area contributed by atoms with E-state index in [1.807, 2.05) is 34.9 Å². The first-order chi connectivity index (χ1) is 8.27. The minimum absolute atomic E-state index is 0. The van der Waals surface area contributed by atoms with Crippen LogP contribution < -0.4 is 0 Å². The molecular weight excluding hydrogens is 252 g/mol.